The van der Waals surface area contributed by atoms with Gasteiger partial charge in [-0.25, -0.2) is 0 Å². The number of halogens is 1. The number of aliphatic hydroxyl groups excluding tert-OH is 1. The van der Waals surface area contributed by atoms with Gasteiger partial charge in [0.2, 0.25) is 11.6 Å². The lowest BCUT2D eigenvalue weighted by Gasteiger charge is -2.49. The summed E-state index contributed by atoms with van der Waals surface area (Å²) in [6.45, 7) is 0. The molecule has 5 N–H and O–H groups in total. The number of rotatable bonds is 2. The number of likely N-dealkylation sites (N-methyl/N-ethyl adjacent to an activating group) is 1. The van der Waals surface area contributed by atoms with Gasteiger partial charge >= 0.3 is 0 Å². The lowest BCUT2D eigenvalue weighted by Crippen LogP contribution is -2.65. The molecule has 1 fully saturated rings. The van der Waals surface area contributed by atoms with Crippen molar-refractivity contribution in [1.29, 1.82) is 0 Å². The molecule has 1 amide bonds. The van der Waals surface area contributed by atoms with Crippen molar-refractivity contribution in [3.63, 3.8) is 0 Å². The molecule has 0 unspecified atom stereocenters. The first-order valence-electron chi connectivity index (χ1n) is 9.44. The summed E-state index contributed by atoms with van der Waals surface area (Å²) < 4.78 is 0.832. The Hall–Kier alpha value is -2.24. The molecule has 1 aromatic carbocycles. The first-order chi connectivity index (χ1) is 14.0. The fraction of sp³-hybridized carbons (Fsp3) is 0.381. The topological polar surface area (TPSA) is 141 Å². The Labute approximate surface area is 186 Å². The quantitative estimate of drug-likeness (QED) is 0.254. The Morgan fingerprint density at radius 2 is 1.90 bits per heavy atom. The van der Waals surface area contributed by atoms with E-state index in [2.05, 4.69) is 22.6 Å². The van der Waals surface area contributed by atoms with Crippen LogP contribution in [0.1, 0.15) is 17.5 Å². The normalized spacial score (nSPS) is 30.6. The maximum absolute atomic E-state index is 13.5. The molecular formula is C21H21IN2O6. The molecule has 0 aliphatic heterocycles. The minimum Gasteiger partial charge on any atom is -0.507 e. The summed E-state index contributed by atoms with van der Waals surface area (Å²) in [7, 11) is 3.45. The Morgan fingerprint density at radius 3 is 2.50 bits per heavy atom. The van der Waals surface area contributed by atoms with E-state index in [1.807, 2.05) is 0 Å². The van der Waals surface area contributed by atoms with E-state index in [-0.39, 0.29) is 23.3 Å². The van der Waals surface area contributed by atoms with E-state index >= 15 is 0 Å². The number of carbonyl (C=O) groups excluding carboxylic acids is 3. The number of primary amides is 1. The van der Waals surface area contributed by atoms with E-state index in [1.54, 1.807) is 25.1 Å². The van der Waals surface area contributed by atoms with Gasteiger partial charge in [0.05, 0.1) is 11.1 Å². The van der Waals surface area contributed by atoms with Crippen LogP contribution >= 0.6 is 22.6 Å². The number of ketones is 2. The minimum atomic E-state index is -2.51. The van der Waals surface area contributed by atoms with Gasteiger partial charge < -0.3 is 26.0 Å². The van der Waals surface area contributed by atoms with Gasteiger partial charge in [-0.15, -0.1) is 0 Å². The molecule has 3 aliphatic rings. The van der Waals surface area contributed by atoms with Gasteiger partial charge in [-0.3, -0.25) is 14.4 Å². The molecule has 1 saturated carbocycles. The van der Waals surface area contributed by atoms with Gasteiger partial charge in [0, 0.05) is 21.1 Å². The molecule has 0 aromatic heterocycles. The van der Waals surface area contributed by atoms with Crippen LogP contribution in [0, 0.1) is 15.4 Å². The third-order valence-corrected chi connectivity index (χ3v) is 7.46. The lowest BCUT2D eigenvalue weighted by molar-refractivity contribution is -0.160. The first kappa shape index (κ1) is 21.0. The largest absolute Gasteiger partial charge is 0.507 e. The predicted octanol–water partition coefficient (Wildman–Crippen LogP) is 0.683. The monoisotopic (exact) mass is 524 g/mol. The lowest BCUT2D eigenvalue weighted by atomic mass is 9.57. The summed E-state index contributed by atoms with van der Waals surface area (Å²) in [6.07, 6.45) is 2.03. The second-order valence-corrected chi connectivity index (χ2v) is 9.41. The smallest absolute Gasteiger partial charge is 0.252 e. The molecule has 0 heterocycles. The zero-order chi connectivity index (χ0) is 22.1. The number of hydrogen-bond acceptors (Lipinski definition) is 7. The predicted molar refractivity (Wildman–Crippen MR) is 115 cm³/mol. The van der Waals surface area contributed by atoms with E-state index in [0.717, 1.165) is 9.13 Å². The fourth-order valence-electron chi connectivity index (χ4n) is 5.02. The highest BCUT2D eigenvalue weighted by atomic mass is 127. The number of aromatic hydroxyl groups is 1. The Kier molecular flexibility index (Phi) is 4.83. The van der Waals surface area contributed by atoms with Crippen molar-refractivity contribution in [2.45, 2.75) is 24.5 Å². The van der Waals surface area contributed by atoms with Crippen molar-refractivity contribution in [2.75, 3.05) is 14.1 Å². The SMILES string of the molecule is CN(C)[C@@H]1C=C(C(N)=O)C(=O)[C@@]2(O)C(=O)C3=C(O)c4c(O)ccc(I)c4C[C@H]3C[C@@H]12. The molecule has 158 valence electrons. The highest BCUT2D eigenvalue weighted by molar-refractivity contribution is 14.1. The molecule has 30 heavy (non-hydrogen) atoms. The van der Waals surface area contributed by atoms with Crippen LogP contribution in [-0.4, -0.2) is 63.4 Å². The Balaban J connectivity index is 1.94. The number of hydrogen-bond donors (Lipinski definition) is 4. The van der Waals surface area contributed by atoms with E-state index in [1.165, 1.54) is 12.1 Å². The van der Waals surface area contributed by atoms with Crippen LogP contribution < -0.4 is 5.73 Å². The summed E-state index contributed by atoms with van der Waals surface area (Å²) in [4.78, 5) is 40.1. The third kappa shape index (κ3) is 2.68. The molecule has 1 aromatic rings. The molecule has 3 aliphatic carbocycles. The van der Waals surface area contributed by atoms with Crippen molar-refractivity contribution in [3.8, 4) is 5.75 Å². The van der Waals surface area contributed by atoms with Gasteiger partial charge in [-0.2, -0.15) is 0 Å². The van der Waals surface area contributed by atoms with Crippen molar-refractivity contribution in [1.82, 2.24) is 4.90 Å². The molecule has 8 nitrogen and oxygen atoms in total. The van der Waals surface area contributed by atoms with Crippen LogP contribution in [0.25, 0.3) is 5.76 Å². The zero-order valence-electron chi connectivity index (χ0n) is 16.3. The van der Waals surface area contributed by atoms with E-state index in [4.69, 9.17) is 5.73 Å². The number of aliphatic hydroxyl groups is 2. The number of Topliss-reactive ketones (excluding diaryl/α,β-unsaturated/α-hetero) is 2. The van der Waals surface area contributed by atoms with Gasteiger partial charge in [-0.05, 0) is 73.1 Å². The van der Waals surface area contributed by atoms with E-state index in [9.17, 15) is 29.7 Å². The van der Waals surface area contributed by atoms with Crippen LogP contribution in [0.5, 0.6) is 5.75 Å². The maximum atomic E-state index is 13.5. The summed E-state index contributed by atoms with van der Waals surface area (Å²) in [6, 6.07) is 2.57. The van der Waals surface area contributed by atoms with Gasteiger partial charge in [0.25, 0.3) is 5.91 Å². The summed E-state index contributed by atoms with van der Waals surface area (Å²) in [5.41, 5.74) is 3.18. The van der Waals surface area contributed by atoms with E-state index in [0.29, 0.717) is 6.42 Å². The second-order valence-electron chi connectivity index (χ2n) is 8.25. The highest BCUT2D eigenvalue weighted by Gasteiger charge is 2.62. The Bertz CT molecular complexity index is 1080. The number of benzene rings is 1. The first-order valence-corrected chi connectivity index (χ1v) is 10.5. The van der Waals surface area contributed by atoms with E-state index < -0.39 is 52.3 Å². The second kappa shape index (κ2) is 6.89. The van der Waals surface area contributed by atoms with Crippen molar-refractivity contribution < 1.29 is 29.7 Å². The van der Waals surface area contributed by atoms with Crippen molar-refractivity contribution in [3.05, 3.63) is 44.1 Å². The zero-order valence-corrected chi connectivity index (χ0v) is 18.5. The molecular weight excluding hydrogens is 503 g/mol. The van der Waals surface area contributed by atoms with Crippen LogP contribution in [-0.2, 0) is 20.8 Å². The number of amides is 1. The fourth-order valence-corrected chi connectivity index (χ4v) is 5.69. The number of nitrogens with zero attached hydrogens (tertiary/aromatic N) is 1. The van der Waals surface area contributed by atoms with Crippen molar-refractivity contribution in [2.24, 2.45) is 17.6 Å². The van der Waals surface area contributed by atoms with Crippen LogP contribution in [0.3, 0.4) is 0 Å². The average Bonchev–Trinajstić information content (AvgIpc) is 2.66. The number of fused-ring (bicyclic) bond motifs is 3. The molecule has 0 saturated heterocycles. The van der Waals surface area contributed by atoms with Gasteiger partial charge in [-0.1, -0.05) is 6.08 Å². The van der Waals surface area contributed by atoms with Crippen molar-refractivity contribution >= 4 is 45.8 Å². The molecule has 0 spiro atoms. The average molecular weight is 524 g/mol. The molecule has 4 atom stereocenters. The summed E-state index contributed by atoms with van der Waals surface area (Å²) in [5, 5.41) is 32.6. The van der Waals surface area contributed by atoms with Crippen LogP contribution in [0.2, 0.25) is 0 Å². The Morgan fingerprint density at radius 1 is 1.23 bits per heavy atom. The molecule has 9 heteroatoms. The maximum Gasteiger partial charge on any atom is 0.252 e. The third-order valence-electron chi connectivity index (χ3n) is 6.45. The van der Waals surface area contributed by atoms with Crippen LogP contribution in [0.4, 0.5) is 0 Å². The number of carbonyl (C=O) groups is 3. The number of phenols is 1. The number of phenolic OH excluding ortho intramolecular Hbond substituents is 1. The molecule has 0 radical (unpaired) electrons. The van der Waals surface area contributed by atoms with Crippen LogP contribution in [0.15, 0.2) is 29.4 Å². The minimum absolute atomic E-state index is 0.0878. The standard InChI is InChI=1S/C21H21IN2O6/c1-24(2)13-7-10(20(23)29)18(27)21(30)11(13)6-8-5-9-12(22)3-4-14(25)16(9)17(26)15(8)19(21)28/h3-4,7-8,11,13,25-26,30H,5-6H2,1-2H3,(H2,23,29)/t8-,11-,13+,21+/m0/s1. The van der Waals surface area contributed by atoms with Gasteiger partial charge in [0.15, 0.2) is 5.60 Å². The molecule has 4 rings (SSSR count). The summed E-state index contributed by atoms with van der Waals surface area (Å²) in [5.74, 6) is -4.87. The highest BCUT2D eigenvalue weighted by Crippen LogP contribution is 2.51. The molecule has 0 bridgehead atoms. The van der Waals surface area contributed by atoms with Gasteiger partial charge in [0.1, 0.15) is 11.5 Å². The number of nitrogens with two attached hydrogens (primary N) is 1. The summed E-state index contributed by atoms with van der Waals surface area (Å²) >= 11 is 2.10.